The highest BCUT2D eigenvalue weighted by molar-refractivity contribution is 9.10. The van der Waals surface area contributed by atoms with E-state index in [1.54, 1.807) is 12.1 Å². The van der Waals surface area contributed by atoms with Crippen molar-refractivity contribution in [1.29, 1.82) is 0 Å². The topological polar surface area (TPSA) is 81.1 Å². The third-order valence-electron chi connectivity index (χ3n) is 2.79. The van der Waals surface area contributed by atoms with Gasteiger partial charge in [0.2, 0.25) is 0 Å². The van der Waals surface area contributed by atoms with Gasteiger partial charge in [-0.25, -0.2) is 0 Å². The summed E-state index contributed by atoms with van der Waals surface area (Å²) in [5.74, 6) is -0.534. The van der Waals surface area contributed by atoms with Crippen molar-refractivity contribution in [2.45, 2.75) is 6.92 Å². The molecule has 0 fully saturated rings. The fraction of sp³-hybridized carbons (Fsp3) is 0.0714. The minimum absolute atomic E-state index is 0.319. The van der Waals surface area contributed by atoms with E-state index in [-0.39, 0.29) is 0 Å². The van der Waals surface area contributed by atoms with E-state index in [4.69, 9.17) is 11.5 Å². The highest BCUT2D eigenvalue weighted by Crippen LogP contribution is 2.25. The number of halogens is 1. The first kappa shape index (κ1) is 13.4. The van der Waals surface area contributed by atoms with Crippen LogP contribution in [-0.2, 0) is 0 Å². The number of anilines is 3. The van der Waals surface area contributed by atoms with Crippen molar-refractivity contribution in [2.75, 3.05) is 11.1 Å². The standard InChI is InChI=1S/C14H14BrN3O/c1-8-6-9(15)2-5-13(8)18-10-3-4-12(16)11(7-10)14(17)19/h2-7,18H,16H2,1H3,(H2,17,19). The molecular weight excluding hydrogens is 306 g/mol. The lowest BCUT2D eigenvalue weighted by Crippen LogP contribution is -2.13. The first-order chi connectivity index (χ1) is 8.97. The average molecular weight is 320 g/mol. The number of carbonyl (C=O) groups excluding carboxylic acids is 1. The van der Waals surface area contributed by atoms with Crippen LogP contribution in [0.25, 0.3) is 0 Å². The number of rotatable bonds is 3. The number of hydrogen-bond donors (Lipinski definition) is 3. The molecule has 2 rings (SSSR count). The van der Waals surface area contributed by atoms with Crippen molar-refractivity contribution in [3.8, 4) is 0 Å². The Morgan fingerprint density at radius 1 is 1.21 bits per heavy atom. The zero-order valence-electron chi connectivity index (χ0n) is 10.4. The summed E-state index contributed by atoms with van der Waals surface area (Å²) >= 11 is 3.42. The van der Waals surface area contributed by atoms with Gasteiger partial charge >= 0.3 is 0 Å². The molecule has 5 heteroatoms. The number of hydrogen-bond acceptors (Lipinski definition) is 3. The molecule has 5 N–H and O–H groups in total. The molecule has 0 aromatic heterocycles. The Kier molecular flexibility index (Phi) is 3.76. The van der Waals surface area contributed by atoms with Crippen LogP contribution in [0.4, 0.5) is 17.1 Å². The van der Waals surface area contributed by atoms with Crippen LogP contribution >= 0.6 is 15.9 Å². The van der Waals surface area contributed by atoms with Crippen LogP contribution in [-0.4, -0.2) is 5.91 Å². The van der Waals surface area contributed by atoms with E-state index in [0.717, 1.165) is 21.4 Å². The molecule has 19 heavy (non-hydrogen) atoms. The first-order valence-electron chi connectivity index (χ1n) is 5.70. The molecule has 0 saturated carbocycles. The normalized spacial score (nSPS) is 10.2. The summed E-state index contributed by atoms with van der Waals surface area (Å²) in [4.78, 5) is 11.2. The molecule has 2 aromatic carbocycles. The number of amides is 1. The second kappa shape index (κ2) is 5.32. The van der Waals surface area contributed by atoms with E-state index in [1.807, 2.05) is 31.2 Å². The predicted octanol–water partition coefficient (Wildman–Crippen LogP) is 3.18. The summed E-state index contributed by atoms with van der Waals surface area (Å²) in [6.07, 6.45) is 0. The van der Waals surface area contributed by atoms with Gasteiger partial charge in [-0.15, -0.1) is 0 Å². The maximum atomic E-state index is 11.2. The molecule has 2 aromatic rings. The van der Waals surface area contributed by atoms with Gasteiger partial charge in [0.05, 0.1) is 5.56 Å². The van der Waals surface area contributed by atoms with E-state index in [2.05, 4.69) is 21.2 Å². The molecule has 98 valence electrons. The van der Waals surface area contributed by atoms with Crippen molar-refractivity contribution >= 4 is 38.9 Å². The fourth-order valence-corrected chi connectivity index (χ4v) is 2.25. The number of carbonyl (C=O) groups is 1. The molecule has 0 heterocycles. The first-order valence-corrected chi connectivity index (χ1v) is 6.49. The number of nitrogens with one attached hydrogen (secondary N) is 1. The molecule has 0 unspecified atom stereocenters. The van der Waals surface area contributed by atoms with Crippen LogP contribution in [0, 0.1) is 6.92 Å². The molecule has 0 aliphatic carbocycles. The third kappa shape index (κ3) is 3.06. The van der Waals surface area contributed by atoms with E-state index in [9.17, 15) is 4.79 Å². The quantitative estimate of drug-likeness (QED) is 0.760. The lowest BCUT2D eigenvalue weighted by Gasteiger charge is -2.11. The Hall–Kier alpha value is -2.01. The Morgan fingerprint density at radius 3 is 2.58 bits per heavy atom. The summed E-state index contributed by atoms with van der Waals surface area (Å²) < 4.78 is 1.02. The van der Waals surface area contributed by atoms with Gasteiger partial charge in [0.25, 0.3) is 5.91 Å². The minimum atomic E-state index is -0.534. The van der Waals surface area contributed by atoms with E-state index in [0.29, 0.717) is 11.3 Å². The highest BCUT2D eigenvalue weighted by Gasteiger charge is 2.07. The molecule has 0 atom stereocenters. The van der Waals surface area contributed by atoms with Gasteiger partial charge in [-0.1, -0.05) is 15.9 Å². The fourth-order valence-electron chi connectivity index (χ4n) is 1.77. The Morgan fingerprint density at radius 2 is 1.95 bits per heavy atom. The van der Waals surface area contributed by atoms with Crippen molar-refractivity contribution in [3.05, 3.63) is 52.0 Å². The summed E-state index contributed by atoms with van der Waals surface area (Å²) in [5, 5.41) is 3.24. The Balaban J connectivity index is 2.33. The summed E-state index contributed by atoms with van der Waals surface area (Å²) in [5.41, 5.74) is 14.5. The van der Waals surface area contributed by atoms with E-state index in [1.165, 1.54) is 0 Å². The maximum absolute atomic E-state index is 11.2. The molecular formula is C14H14BrN3O. The second-order valence-corrected chi connectivity index (χ2v) is 5.17. The molecule has 1 amide bonds. The average Bonchev–Trinajstić information content (AvgIpc) is 2.34. The van der Waals surface area contributed by atoms with E-state index >= 15 is 0 Å². The smallest absolute Gasteiger partial charge is 0.250 e. The number of benzene rings is 2. The zero-order chi connectivity index (χ0) is 14.0. The number of nitrogens with two attached hydrogens (primary N) is 2. The van der Waals surface area contributed by atoms with Gasteiger partial charge in [-0.3, -0.25) is 4.79 Å². The van der Waals surface area contributed by atoms with Gasteiger partial charge in [0.15, 0.2) is 0 Å². The third-order valence-corrected chi connectivity index (χ3v) is 3.28. The maximum Gasteiger partial charge on any atom is 0.250 e. The van der Waals surface area contributed by atoms with Gasteiger partial charge in [0, 0.05) is 21.5 Å². The van der Waals surface area contributed by atoms with Crippen LogP contribution in [0.3, 0.4) is 0 Å². The Bertz CT molecular complexity index is 641. The predicted molar refractivity (Wildman–Crippen MR) is 81.5 cm³/mol. The zero-order valence-corrected chi connectivity index (χ0v) is 12.0. The van der Waals surface area contributed by atoms with Gasteiger partial charge < -0.3 is 16.8 Å². The summed E-state index contributed by atoms with van der Waals surface area (Å²) in [6.45, 7) is 2.00. The molecule has 4 nitrogen and oxygen atoms in total. The van der Waals surface area contributed by atoms with Crippen molar-refractivity contribution in [2.24, 2.45) is 5.73 Å². The molecule has 0 aliphatic rings. The summed E-state index contributed by atoms with van der Waals surface area (Å²) in [7, 11) is 0. The lowest BCUT2D eigenvalue weighted by molar-refractivity contribution is 0.100. The van der Waals surface area contributed by atoms with Crippen molar-refractivity contribution in [1.82, 2.24) is 0 Å². The minimum Gasteiger partial charge on any atom is -0.398 e. The molecule has 0 aliphatic heterocycles. The highest BCUT2D eigenvalue weighted by atomic mass is 79.9. The number of nitrogen functional groups attached to an aromatic ring is 1. The van der Waals surface area contributed by atoms with Crippen LogP contribution in [0.2, 0.25) is 0 Å². The van der Waals surface area contributed by atoms with Gasteiger partial charge in [0.1, 0.15) is 0 Å². The van der Waals surface area contributed by atoms with Crippen LogP contribution < -0.4 is 16.8 Å². The monoisotopic (exact) mass is 319 g/mol. The molecule has 0 bridgehead atoms. The Labute approximate surface area is 119 Å². The van der Waals surface area contributed by atoms with E-state index < -0.39 is 5.91 Å². The number of aryl methyl sites for hydroxylation is 1. The van der Waals surface area contributed by atoms with Gasteiger partial charge in [-0.2, -0.15) is 0 Å². The SMILES string of the molecule is Cc1cc(Br)ccc1Nc1ccc(N)c(C(N)=O)c1. The van der Waals surface area contributed by atoms with Crippen LogP contribution in [0.5, 0.6) is 0 Å². The van der Waals surface area contributed by atoms with Gasteiger partial charge in [-0.05, 0) is 48.9 Å². The molecule has 0 saturated heterocycles. The summed E-state index contributed by atoms with van der Waals surface area (Å²) in [6, 6.07) is 11.0. The number of primary amides is 1. The van der Waals surface area contributed by atoms with Crippen LogP contribution in [0.15, 0.2) is 40.9 Å². The largest absolute Gasteiger partial charge is 0.398 e. The molecule has 0 radical (unpaired) electrons. The van der Waals surface area contributed by atoms with Crippen LogP contribution in [0.1, 0.15) is 15.9 Å². The lowest BCUT2D eigenvalue weighted by atomic mass is 10.1. The van der Waals surface area contributed by atoms with Crippen molar-refractivity contribution < 1.29 is 4.79 Å². The van der Waals surface area contributed by atoms with Crippen molar-refractivity contribution in [3.63, 3.8) is 0 Å². The second-order valence-electron chi connectivity index (χ2n) is 4.25. The molecule has 0 spiro atoms.